The molecule has 1 N–H and O–H groups in total. The average Bonchev–Trinajstić information content (AvgIpc) is 2.27. The molecule has 17 heavy (non-hydrogen) atoms. The van der Waals surface area contributed by atoms with Crippen LogP contribution in [0.2, 0.25) is 0 Å². The van der Waals surface area contributed by atoms with Crippen LogP contribution in [0.1, 0.15) is 32.3 Å². The van der Waals surface area contributed by atoms with Crippen molar-refractivity contribution in [3.63, 3.8) is 0 Å². The summed E-state index contributed by atoms with van der Waals surface area (Å²) in [6, 6.07) is 2.66. The van der Waals surface area contributed by atoms with E-state index in [1.807, 2.05) is 0 Å². The summed E-state index contributed by atoms with van der Waals surface area (Å²) in [5, 5.41) is 3.07. The van der Waals surface area contributed by atoms with Gasteiger partial charge in [0.15, 0.2) is 0 Å². The maximum Gasteiger partial charge on any atom is 0.144 e. The summed E-state index contributed by atoms with van der Waals surface area (Å²) in [5.41, 5.74) is 0.101. The molecular formula is C13H18BrF2N. The first kappa shape index (κ1) is 14.6. The molecule has 0 saturated carbocycles. The molecule has 0 fully saturated rings. The molecule has 0 aliphatic rings. The number of hydrogen-bond acceptors (Lipinski definition) is 1. The second kappa shape index (κ2) is 7.07. The molecule has 0 radical (unpaired) electrons. The van der Waals surface area contributed by atoms with E-state index in [1.54, 1.807) is 0 Å². The molecule has 0 aromatic heterocycles. The van der Waals surface area contributed by atoms with E-state index in [0.717, 1.165) is 19.4 Å². The highest BCUT2D eigenvalue weighted by Gasteiger charge is 2.11. The molecule has 0 aliphatic carbocycles. The van der Waals surface area contributed by atoms with E-state index in [1.165, 1.54) is 12.1 Å². The molecular weight excluding hydrogens is 288 g/mol. The predicted molar refractivity (Wildman–Crippen MR) is 69.8 cm³/mol. The Kier molecular flexibility index (Phi) is 6.06. The van der Waals surface area contributed by atoms with Gasteiger partial charge in [0.05, 0.1) is 4.47 Å². The molecule has 1 rings (SSSR count). The molecule has 0 bridgehead atoms. The molecule has 0 amide bonds. The standard InChI is InChI=1S/C13H18BrF2N/c1-9(2)4-3-7-17-8-10-12(15)6-5-11(14)13(10)16/h5-6,9,17H,3-4,7-8H2,1-2H3. The maximum absolute atomic E-state index is 13.6. The van der Waals surface area contributed by atoms with Crippen molar-refractivity contribution in [2.45, 2.75) is 33.2 Å². The summed E-state index contributed by atoms with van der Waals surface area (Å²) in [6.45, 7) is 5.33. The highest BCUT2D eigenvalue weighted by Crippen LogP contribution is 2.21. The minimum atomic E-state index is -0.513. The first-order valence-electron chi connectivity index (χ1n) is 5.85. The quantitative estimate of drug-likeness (QED) is 0.612. The second-order valence-electron chi connectivity index (χ2n) is 4.53. The Morgan fingerprint density at radius 3 is 2.65 bits per heavy atom. The largest absolute Gasteiger partial charge is 0.312 e. The Morgan fingerprint density at radius 1 is 1.29 bits per heavy atom. The monoisotopic (exact) mass is 305 g/mol. The topological polar surface area (TPSA) is 12.0 Å². The van der Waals surface area contributed by atoms with Gasteiger partial charge in [-0.2, -0.15) is 0 Å². The van der Waals surface area contributed by atoms with Crippen molar-refractivity contribution in [3.8, 4) is 0 Å². The van der Waals surface area contributed by atoms with Gasteiger partial charge in [-0.25, -0.2) is 8.78 Å². The molecule has 4 heteroatoms. The SMILES string of the molecule is CC(C)CCCNCc1c(F)ccc(Br)c1F. The summed E-state index contributed by atoms with van der Waals surface area (Å²) < 4.78 is 27.2. The van der Waals surface area contributed by atoms with E-state index in [2.05, 4.69) is 35.1 Å². The lowest BCUT2D eigenvalue weighted by molar-refractivity contribution is 0.504. The second-order valence-corrected chi connectivity index (χ2v) is 5.39. The van der Waals surface area contributed by atoms with Gasteiger partial charge >= 0.3 is 0 Å². The fraction of sp³-hybridized carbons (Fsp3) is 0.538. The molecule has 1 aromatic rings. The minimum absolute atomic E-state index is 0.101. The Labute approximate surface area is 110 Å². The molecule has 96 valence electrons. The van der Waals surface area contributed by atoms with Gasteiger partial charge in [-0.15, -0.1) is 0 Å². The first-order chi connectivity index (χ1) is 8.02. The van der Waals surface area contributed by atoms with Gasteiger partial charge in [0.25, 0.3) is 0 Å². The van der Waals surface area contributed by atoms with Crippen LogP contribution in [0.5, 0.6) is 0 Å². The first-order valence-corrected chi connectivity index (χ1v) is 6.64. The fourth-order valence-corrected chi connectivity index (χ4v) is 1.95. The van der Waals surface area contributed by atoms with Crippen molar-refractivity contribution in [2.24, 2.45) is 5.92 Å². The molecule has 1 aromatic carbocycles. The molecule has 0 unspecified atom stereocenters. The molecule has 1 nitrogen and oxygen atoms in total. The zero-order chi connectivity index (χ0) is 12.8. The van der Waals surface area contributed by atoms with Crippen LogP contribution < -0.4 is 5.32 Å². The number of hydrogen-bond donors (Lipinski definition) is 1. The minimum Gasteiger partial charge on any atom is -0.312 e. The van der Waals surface area contributed by atoms with Gasteiger partial charge in [0.2, 0.25) is 0 Å². The average molecular weight is 306 g/mol. The van der Waals surface area contributed by atoms with Crippen LogP contribution in [-0.4, -0.2) is 6.54 Å². The lowest BCUT2D eigenvalue weighted by Crippen LogP contribution is -2.17. The van der Waals surface area contributed by atoms with Crippen molar-refractivity contribution in [3.05, 3.63) is 33.8 Å². The van der Waals surface area contributed by atoms with Crippen LogP contribution in [-0.2, 0) is 6.54 Å². The summed E-state index contributed by atoms with van der Waals surface area (Å²) >= 11 is 3.05. The van der Waals surface area contributed by atoms with Gasteiger partial charge in [-0.05, 0) is 53.4 Å². The van der Waals surface area contributed by atoms with Crippen LogP contribution >= 0.6 is 15.9 Å². The van der Waals surface area contributed by atoms with E-state index >= 15 is 0 Å². The Morgan fingerprint density at radius 2 is 2.00 bits per heavy atom. The Balaban J connectivity index is 2.44. The predicted octanol–water partition coefficient (Wildman–Crippen LogP) is 4.25. The van der Waals surface area contributed by atoms with Crippen LogP contribution in [0.15, 0.2) is 16.6 Å². The normalized spacial score (nSPS) is 11.2. The van der Waals surface area contributed by atoms with E-state index in [0.29, 0.717) is 10.4 Å². The third-order valence-electron chi connectivity index (χ3n) is 2.58. The molecule has 0 spiro atoms. The molecule has 0 heterocycles. The van der Waals surface area contributed by atoms with E-state index in [9.17, 15) is 8.78 Å². The number of benzene rings is 1. The molecule has 0 saturated heterocycles. The lowest BCUT2D eigenvalue weighted by Gasteiger charge is -2.09. The van der Waals surface area contributed by atoms with E-state index < -0.39 is 11.6 Å². The summed E-state index contributed by atoms with van der Waals surface area (Å²) in [7, 11) is 0. The van der Waals surface area contributed by atoms with Gasteiger partial charge in [-0.3, -0.25) is 0 Å². The van der Waals surface area contributed by atoms with E-state index in [4.69, 9.17) is 0 Å². The smallest absolute Gasteiger partial charge is 0.144 e. The molecule has 0 atom stereocenters. The summed E-state index contributed by atoms with van der Waals surface area (Å²) in [4.78, 5) is 0. The van der Waals surface area contributed by atoms with Gasteiger partial charge in [0, 0.05) is 12.1 Å². The van der Waals surface area contributed by atoms with Crippen molar-refractivity contribution < 1.29 is 8.78 Å². The van der Waals surface area contributed by atoms with Crippen LogP contribution in [0.3, 0.4) is 0 Å². The lowest BCUT2D eigenvalue weighted by atomic mass is 10.1. The van der Waals surface area contributed by atoms with Crippen molar-refractivity contribution in [2.75, 3.05) is 6.54 Å². The van der Waals surface area contributed by atoms with Gasteiger partial charge in [0.1, 0.15) is 11.6 Å². The van der Waals surface area contributed by atoms with Crippen molar-refractivity contribution >= 4 is 15.9 Å². The third-order valence-corrected chi connectivity index (χ3v) is 3.19. The third kappa shape index (κ3) is 4.72. The van der Waals surface area contributed by atoms with Crippen molar-refractivity contribution in [1.29, 1.82) is 0 Å². The highest BCUT2D eigenvalue weighted by atomic mass is 79.9. The molecule has 0 aliphatic heterocycles. The van der Waals surface area contributed by atoms with Crippen LogP contribution in [0.4, 0.5) is 8.78 Å². The van der Waals surface area contributed by atoms with Gasteiger partial charge in [-0.1, -0.05) is 13.8 Å². The van der Waals surface area contributed by atoms with Gasteiger partial charge < -0.3 is 5.32 Å². The number of nitrogens with one attached hydrogen (secondary N) is 1. The van der Waals surface area contributed by atoms with E-state index in [-0.39, 0.29) is 12.1 Å². The number of rotatable bonds is 6. The van der Waals surface area contributed by atoms with Crippen LogP contribution in [0.25, 0.3) is 0 Å². The van der Waals surface area contributed by atoms with Crippen molar-refractivity contribution in [1.82, 2.24) is 5.32 Å². The van der Waals surface area contributed by atoms with Crippen LogP contribution in [0, 0.1) is 17.6 Å². The Hall–Kier alpha value is -0.480. The maximum atomic E-state index is 13.6. The Bertz CT molecular complexity index is 367. The zero-order valence-corrected chi connectivity index (χ0v) is 11.8. The zero-order valence-electron chi connectivity index (χ0n) is 10.2. The summed E-state index contributed by atoms with van der Waals surface area (Å²) in [6.07, 6.45) is 2.14. The fourth-order valence-electron chi connectivity index (χ4n) is 1.58. The number of halogens is 3. The summed E-state index contributed by atoms with van der Waals surface area (Å²) in [5.74, 6) is -0.348. The highest BCUT2D eigenvalue weighted by molar-refractivity contribution is 9.10.